The van der Waals surface area contributed by atoms with Crippen LogP contribution in [0.4, 0.5) is 26.3 Å². The van der Waals surface area contributed by atoms with Crippen molar-refractivity contribution in [3.63, 3.8) is 0 Å². The lowest BCUT2D eigenvalue weighted by Gasteiger charge is -2.16. The molecule has 0 heterocycles. The first-order valence-electron chi connectivity index (χ1n) is 3.75. The number of carboxylic acid groups (broad SMARTS) is 1. The van der Waals surface area contributed by atoms with E-state index >= 15 is 0 Å². The zero-order valence-corrected chi connectivity index (χ0v) is 7.52. The van der Waals surface area contributed by atoms with Crippen molar-refractivity contribution >= 4 is 5.97 Å². The van der Waals surface area contributed by atoms with E-state index in [2.05, 4.69) is 4.84 Å². The van der Waals surface area contributed by atoms with Gasteiger partial charge >= 0.3 is 18.3 Å². The number of aliphatic carboxylic acids is 1. The number of halogens is 6. The summed E-state index contributed by atoms with van der Waals surface area (Å²) in [4.78, 5) is 13.7. The highest BCUT2D eigenvalue weighted by Gasteiger charge is 2.45. The van der Waals surface area contributed by atoms with E-state index in [1.54, 1.807) is 0 Å². The molecule has 0 aliphatic rings. The summed E-state index contributed by atoms with van der Waals surface area (Å²) < 4.78 is 70.2. The standard InChI is InChI=1S/C6H7F6NO3/c7-5(8,9)2-16-13-1-3(4(14)15)6(10,11)12/h3,13H,1-2H2,(H,14,15). The van der Waals surface area contributed by atoms with Crippen molar-refractivity contribution in [2.24, 2.45) is 5.92 Å². The third kappa shape index (κ3) is 6.45. The Kier molecular flexibility index (Phi) is 5.00. The van der Waals surface area contributed by atoms with E-state index < -0.39 is 37.4 Å². The van der Waals surface area contributed by atoms with Gasteiger partial charge in [0.2, 0.25) is 0 Å². The van der Waals surface area contributed by atoms with E-state index in [-0.39, 0.29) is 0 Å². The molecule has 0 saturated heterocycles. The van der Waals surface area contributed by atoms with Gasteiger partial charge in [-0.15, -0.1) is 0 Å². The highest BCUT2D eigenvalue weighted by Crippen LogP contribution is 2.25. The van der Waals surface area contributed by atoms with Crippen LogP contribution in [-0.2, 0) is 9.63 Å². The SMILES string of the molecule is O=C(O)C(CNOCC(F)(F)F)C(F)(F)F. The fourth-order valence-electron chi connectivity index (χ4n) is 0.618. The van der Waals surface area contributed by atoms with Crippen LogP contribution in [0.1, 0.15) is 0 Å². The average molecular weight is 255 g/mol. The summed E-state index contributed by atoms with van der Waals surface area (Å²) in [6.45, 7) is -3.11. The monoisotopic (exact) mass is 255 g/mol. The van der Waals surface area contributed by atoms with E-state index in [0.717, 1.165) is 0 Å². The van der Waals surface area contributed by atoms with E-state index in [9.17, 15) is 31.1 Å². The van der Waals surface area contributed by atoms with Gasteiger partial charge in [0.1, 0.15) is 0 Å². The van der Waals surface area contributed by atoms with E-state index in [1.807, 2.05) is 0 Å². The van der Waals surface area contributed by atoms with Gasteiger partial charge in [-0.2, -0.15) is 26.3 Å². The van der Waals surface area contributed by atoms with Gasteiger partial charge in [-0.05, 0) is 0 Å². The minimum absolute atomic E-state index is 1.30. The Hall–Kier alpha value is -1.03. The van der Waals surface area contributed by atoms with Crippen LogP contribution in [0.2, 0.25) is 0 Å². The van der Waals surface area contributed by atoms with Crippen molar-refractivity contribution in [3.8, 4) is 0 Å². The maximum absolute atomic E-state index is 11.9. The molecule has 0 aromatic heterocycles. The molecule has 96 valence electrons. The maximum atomic E-state index is 11.9. The molecule has 0 bridgehead atoms. The van der Waals surface area contributed by atoms with Gasteiger partial charge in [0.25, 0.3) is 0 Å². The van der Waals surface area contributed by atoms with Crippen molar-refractivity contribution < 1.29 is 41.1 Å². The fraction of sp³-hybridized carbons (Fsp3) is 0.833. The van der Waals surface area contributed by atoms with Crippen molar-refractivity contribution in [3.05, 3.63) is 0 Å². The number of hydroxylamine groups is 1. The van der Waals surface area contributed by atoms with Gasteiger partial charge < -0.3 is 5.11 Å². The van der Waals surface area contributed by atoms with Crippen molar-refractivity contribution in [2.75, 3.05) is 13.2 Å². The fourth-order valence-corrected chi connectivity index (χ4v) is 0.618. The molecule has 4 nitrogen and oxygen atoms in total. The summed E-state index contributed by atoms with van der Waals surface area (Å²) in [6, 6.07) is 0. The molecule has 0 aliphatic carbocycles. The van der Waals surface area contributed by atoms with E-state index in [4.69, 9.17) is 5.11 Å². The second-order valence-corrected chi connectivity index (χ2v) is 2.68. The minimum atomic E-state index is -5.06. The molecular formula is C6H7F6NO3. The lowest BCUT2D eigenvalue weighted by Crippen LogP contribution is -2.40. The van der Waals surface area contributed by atoms with Gasteiger partial charge in [0, 0.05) is 6.54 Å². The van der Waals surface area contributed by atoms with Crippen LogP contribution >= 0.6 is 0 Å². The first-order valence-corrected chi connectivity index (χ1v) is 3.75. The van der Waals surface area contributed by atoms with Gasteiger partial charge in [0.15, 0.2) is 12.5 Å². The van der Waals surface area contributed by atoms with Crippen LogP contribution < -0.4 is 5.48 Å². The molecule has 0 aromatic carbocycles. The molecule has 10 heteroatoms. The predicted molar refractivity (Wildman–Crippen MR) is 37.2 cm³/mol. The number of alkyl halides is 6. The van der Waals surface area contributed by atoms with Crippen LogP contribution in [0, 0.1) is 5.92 Å². The Labute approximate surface area is 85.1 Å². The Bertz CT molecular complexity index is 237. The second-order valence-electron chi connectivity index (χ2n) is 2.68. The third-order valence-corrected chi connectivity index (χ3v) is 1.32. The zero-order valence-electron chi connectivity index (χ0n) is 7.52. The average Bonchev–Trinajstić information content (AvgIpc) is 1.97. The van der Waals surface area contributed by atoms with Gasteiger partial charge in [-0.1, -0.05) is 0 Å². The Morgan fingerprint density at radius 2 is 1.75 bits per heavy atom. The molecule has 0 amide bonds. The predicted octanol–water partition coefficient (Wildman–Crippen LogP) is 1.33. The molecule has 1 atom stereocenters. The van der Waals surface area contributed by atoms with Crippen LogP contribution in [-0.4, -0.2) is 36.6 Å². The normalized spacial score (nSPS) is 14.9. The molecular weight excluding hydrogens is 248 g/mol. The summed E-state index contributed by atoms with van der Waals surface area (Å²) in [7, 11) is 0. The summed E-state index contributed by atoms with van der Waals surface area (Å²) >= 11 is 0. The Balaban J connectivity index is 4.02. The van der Waals surface area contributed by atoms with Crippen LogP contribution in [0.5, 0.6) is 0 Å². The van der Waals surface area contributed by atoms with Crippen LogP contribution in [0.15, 0.2) is 0 Å². The number of hydrogen-bond acceptors (Lipinski definition) is 3. The highest BCUT2D eigenvalue weighted by molar-refractivity contribution is 5.71. The highest BCUT2D eigenvalue weighted by atomic mass is 19.4. The summed E-state index contributed by atoms with van der Waals surface area (Å²) in [5.74, 6) is -5.02. The molecule has 0 aromatic rings. The molecule has 1 unspecified atom stereocenters. The van der Waals surface area contributed by atoms with Crippen LogP contribution in [0.25, 0.3) is 0 Å². The molecule has 16 heavy (non-hydrogen) atoms. The minimum Gasteiger partial charge on any atom is -0.481 e. The van der Waals surface area contributed by atoms with E-state index in [1.165, 1.54) is 5.48 Å². The molecule has 0 fully saturated rings. The van der Waals surface area contributed by atoms with Crippen LogP contribution in [0.3, 0.4) is 0 Å². The quantitative estimate of drug-likeness (QED) is 0.442. The zero-order chi connectivity index (χ0) is 13.0. The number of carbonyl (C=O) groups is 1. The number of carboxylic acids is 1. The number of rotatable bonds is 5. The summed E-state index contributed by atoms with van der Waals surface area (Å²) in [6.07, 6.45) is -9.76. The van der Waals surface area contributed by atoms with Gasteiger partial charge in [0.05, 0.1) is 0 Å². The molecule has 0 radical (unpaired) electrons. The first kappa shape index (κ1) is 15.0. The first-order chi connectivity index (χ1) is 7.04. The summed E-state index contributed by atoms with van der Waals surface area (Å²) in [5, 5.41) is 8.13. The van der Waals surface area contributed by atoms with Crippen molar-refractivity contribution in [1.29, 1.82) is 0 Å². The Morgan fingerprint density at radius 1 is 1.25 bits per heavy atom. The maximum Gasteiger partial charge on any atom is 0.413 e. The molecule has 0 aliphatic heterocycles. The smallest absolute Gasteiger partial charge is 0.413 e. The lowest BCUT2D eigenvalue weighted by atomic mass is 10.1. The number of hydrogen-bond donors (Lipinski definition) is 2. The molecule has 2 N–H and O–H groups in total. The second kappa shape index (κ2) is 5.34. The van der Waals surface area contributed by atoms with Crippen molar-refractivity contribution in [2.45, 2.75) is 12.4 Å². The van der Waals surface area contributed by atoms with Gasteiger partial charge in [-0.25, -0.2) is 5.48 Å². The number of nitrogens with one attached hydrogen (secondary N) is 1. The largest absolute Gasteiger partial charge is 0.481 e. The van der Waals surface area contributed by atoms with E-state index in [0.29, 0.717) is 0 Å². The lowest BCUT2D eigenvalue weighted by molar-refractivity contribution is -0.208. The molecule has 0 saturated carbocycles. The van der Waals surface area contributed by atoms with Gasteiger partial charge in [-0.3, -0.25) is 9.63 Å². The summed E-state index contributed by atoms with van der Waals surface area (Å²) in [5.41, 5.74) is 1.31. The topological polar surface area (TPSA) is 58.6 Å². The molecule has 0 spiro atoms. The Morgan fingerprint density at radius 3 is 2.06 bits per heavy atom. The van der Waals surface area contributed by atoms with Crippen molar-refractivity contribution in [1.82, 2.24) is 5.48 Å². The molecule has 0 rings (SSSR count). The third-order valence-electron chi connectivity index (χ3n) is 1.32.